The summed E-state index contributed by atoms with van der Waals surface area (Å²) in [5.74, 6) is -0.803. The van der Waals surface area contributed by atoms with E-state index < -0.39 is 5.97 Å². The van der Waals surface area contributed by atoms with Crippen LogP contribution in [0.25, 0.3) is 10.8 Å². The molecule has 0 unspecified atom stereocenters. The lowest BCUT2D eigenvalue weighted by atomic mass is 10.0. The number of aromatic nitrogens is 1. The van der Waals surface area contributed by atoms with E-state index in [0.717, 1.165) is 28.5 Å². The molecular weight excluding hydrogens is 202 g/mol. The van der Waals surface area contributed by atoms with E-state index in [0.29, 0.717) is 0 Å². The molecule has 2 aromatic rings. The van der Waals surface area contributed by atoms with Crippen molar-refractivity contribution in [3.63, 3.8) is 0 Å². The van der Waals surface area contributed by atoms with Gasteiger partial charge in [0.2, 0.25) is 0 Å². The summed E-state index contributed by atoms with van der Waals surface area (Å²) in [7, 11) is 0. The van der Waals surface area contributed by atoms with Crippen molar-refractivity contribution in [3.8, 4) is 0 Å². The van der Waals surface area contributed by atoms with Crippen molar-refractivity contribution < 1.29 is 9.90 Å². The van der Waals surface area contributed by atoms with Crippen molar-refractivity contribution in [3.05, 3.63) is 41.7 Å². The zero-order valence-corrected chi connectivity index (χ0v) is 9.10. The second kappa shape index (κ2) is 4.31. The van der Waals surface area contributed by atoms with Gasteiger partial charge in [0, 0.05) is 17.3 Å². The third kappa shape index (κ3) is 1.89. The largest absolute Gasteiger partial charge is 0.481 e. The fourth-order valence-corrected chi connectivity index (χ4v) is 1.93. The summed E-state index contributed by atoms with van der Waals surface area (Å²) in [5.41, 5.74) is 1.87. The fraction of sp³-hybridized carbons (Fsp3) is 0.231. The highest BCUT2D eigenvalue weighted by Gasteiger charge is 2.07. The Bertz CT molecular complexity index is 534. The Morgan fingerprint density at radius 3 is 2.81 bits per heavy atom. The van der Waals surface area contributed by atoms with Crippen molar-refractivity contribution in [2.75, 3.05) is 0 Å². The number of nitrogens with zero attached hydrogens (tertiary/aromatic N) is 1. The maximum atomic E-state index is 10.8. The molecule has 0 aliphatic heterocycles. The molecule has 1 aromatic carbocycles. The van der Waals surface area contributed by atoms with Crippen molar-refractivity contribution in [1.82, 2.24) is 4.98 Å². The van der Waals surface area contributed by atoms with E-state index in [2.05, 4.69) is 4.98 Å². The average molecular weight is 215 g/mol. The highest BCUT2D eigenvalue weighted by molar-refractivity contribution is 5.90. The first-order valence-electron chi connectivity index (χ1n) is 5.29. The molecule has 3 nitrogen and oxygen atoms in total. The molecule has 0 aliphatic carbocycles. The fourth-order valence-electron chi connectivity index (χ4n) is 1.93. The second-order valence-corrected chi connectivity index (χ2v) is 3.69. The van der Waals surface area contributed by atoms with Crippen LogP contribution in [0.1, 0.15) is 18.2 Å². The number of aryl methyl sites for hydroxylation is 1. The van der Waals surface area contributed by atoms with Crippen LogP contribution in [0.4, 0.5) is 0 Å². The Balaban J connectivity index is 2.64. The quantitative estimate of drug-likeness (QED) is 0.855. The van der Waals surface area contributed by atoms with Gasteiger partial charge in [0.25, 0.3) is 0 Å². The molecule has 0 amide bonds. The molecule has 0 aliphatic rings. The van der Waals surface area contributed by atoms with Crippen molar-refractivity contribution in [2.24, 2.45) is 0 Å². The Hall–Kier alpha value is -1.90. The standard InChI is InChI=1S/C13H13NO2/c1-2-12-11-5-3-4-9(8-13(15)16)10(11)6-7-14-12/h3-7H,2,8H2,1H3,(H,15,16). The molecule has 0 fully saturated rings. The molecule has 0 saturated carbocycles. The number of pyridine rings is 1. The lowest BCUT2D eigenvalue weighted by Gasteiger charge is -2.07. The van der Waals surface area contributed by atoms with Crippen LogP contribution in [0.15, 0.2) is 30.5 Å². The van der Waals surface area contributed by atoms with Gasteiger partial charge in [-0.3, -0.25) is 9.78 Å². The Morgan fingerprint density at radius 2 is 2.12 bits per heavy atom. The maximum absolute atomic E-state index is 10.8. The summed E-state index contributed by atoms with van der Waals surface area (Å²) in [6.07, 6.45) is 2.66. The first-order valence-corrected chi connectivity index (χ1v) is 5.29. The van der Waals surface area contributed by atoms with Crippen molar-refractivity contribution in [2.45, 2.75) is 19.8 Å². The number of hydrogen-bond acceptors (Lipinski definition) is 2. The van der Waals surface area contributed by atoms with Gasteiger partial charge in [0.05, 0.1) is 6.42 Å². The maximum Gasteiger partial charge on any atom is 0.307 e. The number of fused-ring (bicyclic) bond motifs is 1. The topological polar surface area (TPSA) is 50.2 Å². The van der Waals surface area contributed by atoms with E-state index in [4.69, 9.17) is 5.11 Å². The van der Waals surface area contributed by atoms with Crippen LogP contribution in [0.2, 0.25) is 0 Å². The third-order valence-electron chi connectivity index (χ3n) is 2.66. The van der Waals surface area contributed by atoms with E-state index >= 15 is 0 Å². The molecule has 1 aromatic heterocycles. The molecule has 0 atom stereocenters. The Labute approximate surface area is 93.7 Å². The first kappa shape index (κ1) is 10.6. The Kier molecular flexibility index (Phi) is 2.86. The van der Waals surface area contributed by atoms with E-state index in [9.17, 15) is 4.79 Å². The van der Waals surface area contributed by atoms with Gasteiger partial charge in [0.15, 0.2) is 0 Å². The predicted octanol–water partition coefficient (Wildman–Crippen LogP) is 2.42. The van der Waals surface area contributed by atoms with E-state index in [-0.39, 0.29) is 6.42 Å². The summed E-state index contributed by atoms with van der Waals surface area (Å²) >= 11 is 0. The number of aliphatic carboxylic acids is 1. The number of carboxylic acids is 1. The van der Waals surface area contributed by atoms with Gasteiger partial charge in [-0.15, -0.1) is 0 Å². The van der Waals surface area contributed by atoms with Crippen LogP contribution >= 0.6 is 0 Å². The van der Waals surface area contributed by atoms with Gasteiger partial charge >= 0.3 is 5.97 Å². The first-order chi connectivity index (χ1) is 7.72. The lowest BCUT2D eigenvalue weighted by Crippen LogP contribution is -2.01. The molecule has 0 spiro atoms. The zero-order chi connectivity index (χ0) is 11.5. The highest BCUT2D eigenvalue weighted by atomic mass is 16.4. The van der Waals surface area contributed by atoms with Gasteiger partial charge in [-0.25, -0.2) is 0 Å². The average Bonchev–Trinajstić information content (AvgIpc) is 2.28. The number of hydrogen-bond donors (Lipinski definition) is 1. The molecule has 0 saturated heterocycles. The molecule has 82 valence electrons. The van der Waals surface area contributed by atoms with Gasteiger partial charge < -0.3 is 5.11 Å². The number of carboxylic acid groups (broad SMARTS) is 1. The van der Waals surface area contributed by atoms with Crippen LogP contribution in [0.3, 0.4) is 0 Å². The third-order valence-corrected chi connectivity index (χ3v) is 2.66. The molecular formula is C13H13NO2. The predicted molar refractivity (Wildman–Crippen MR) is 62.5 cm³/mol. The summed E-state index contributed by atoms with van der Waals surface area (Å²) in [5, 5.41) is 10.9. The molecule has 1 N–H and O–H groups in total. The summed E-state index contributed by atoms with van der Waals surface area (Å²) in [6.45, 7) is 2.05. The number of carbonyl (C=O) groups is 1. The summed E-state index contributed by atoms with van der Waals surface area (Å²) < 4.78 is 0. The minimum Gasteiger partial charge on any atom is -0.481 e. The molecule has 3 heteroatoms. The van der Waals surface area contributed by atoms with E-state index in [1.54, 1.807) is 6.20 Å². The SMILES string of the molecule is CCc1nccc2c(CC(=O)O)cccc12. The number of rotatable bonds is 3. The van der Waals surface area contributed by atoms with Gasteiger partial charge in [-0.1, -0.05) is 25.1 Å². The minimum atomic E-state index is -0.803. The van der Waals surface area contributed by atoms with Crippen LogP contribution < -0.4 is 0 Å². The normalized spacial score (nSPS) is 10.6. The van der Waals surface area contributed by atoms with E-state index in [1.807, 2.05) is 31.2 Å². The van der Waals surface area contributed by atoms with Crippen LogP contribution in [-0.4, -0.2) is 16.1 Å². The van der Waals surface area contributed by atoms with Crippen LogP contribution in [0, 0.1) is 0 Å². The van der Waals surface area contributed by atoms with Gasteiger partial charge in [-0.2, -0.15) is 0 Å². The highest BCUT2D eigenvalue weighted by Crippen LogP contribution is 2.21. The molecule has 2 rings (SSSR count). The van der Waals surface area contributed by atoms with Gasteiger partial charge in [-0.05, 0) is 23.4 Å². The molecule has 1 heterocycles. The van der Waals surface area contributed by atoms with Crippen molar-refractivity contribution in [1.29, 1.82) is 0 Å². The number of benzene rings is 1. The monoisotopic (exact) mass is 215 g/mol. The van der Waals surface area contributed by atoms with Crippen molar-refractivity contribution >= 4 is 16.7 Å². The lowest BCUT2D eigenvalue weighted by molar-refractivity contribution is -0.136. The molecule has 16 heavy (non-hydrogen) atoms. The Morgan fingerprint density at radius 1 is 1.31 bits per heavy atom. The minimum absolute atomic E-state index is 0.0600. The molecule has 0 bridgehead atoms. The van der Waals surface area contributed by atoms with Crippen LogP contribution in [0.5, 0.6) is 0 Å². The van der Waals surface area contributed by atoms with Crippen LogP contribution in [-0.2, 0) is 17.6 Å². The molecule has 0 radical (unpaired) electrons. The van der Waals surface area contributed by atoms with Gasteiger partial charge in [0.1, 0.15) is 0 Å². The smallest absolute Gasteiger partial charge is 0.307 e. The van der Waals surface area contributed by atoms with E-state index in [1.165, 1.54) is 0 Å². The summed E-state index contributed by atoms with van der Waals surface area (Å²) in [4.78, 5) is 15.0. The second-order valence-electron chi connectivity index (χ2n) is 3.69. The zero-order valence-electron chi connectivity index (χ0n) is 9.10. The summed E-state index contributed by atoms with van der Waals surface area (Å²) in [6, 6.07) is 7.62.